The van der Waals surface area contributed by atoms with E-state index in [0.29, 0.717) is 18.8 Å². The molecule has 0 bridgehead atoms. The number of methoxy groups -OCH3 is 1. The first kappa shape index (κ1) is 18.2. The summed E-state index contributed by atoms with van der Waals surface area (Å²) >= 11 is 3.35. The summed E-state index contributed by atoms with van der Waals surface area (Å²) < 4.78 is 9.64. The van der Waals surface area contributed by atoms with Crippen LogP contribution in [0.3, 0.4) is 0 Å². The highest BCUT2D eigenvalue weighted by molar-refractivity contribution is 9.10. The number of anilines is 1. The van der Waals surface area contributed by atoms with Crippen LogP contribution in [0.4, 0.5) is 5.69 Å². The Hall–Kier alpha value is -2.61. The van der Waals surface area contributed by atoms with Crippen LogP contribution in [0.5, 0.6) is 5.75 Å². The number of amides is 1. The summed E-state index contributed by atoms with van der Waals surface area (Å²) in [6, 6.07) is 7.81. The maximum absolute atomic E-state index is 12.4. The number of nitrogens with one attached hydrogen (secondary N) is 1. The third-order valence-corrected chi connectivity index (χ3v) is 4.30. The van der Waals surface area contributed by atoms with Gasteiger partial charge in [-0.05, 0) is 33.6 Å². The lowest BCUT2D eigenvalue weighted by Crippen LogP contribution is -2.24. The lowest BCUT2D eigenvalue weighted by atomic mass is 10.1. The molecule has 7 nitrogen and oxygen atoms in total. The third-order valence-electron chi connectivity index (χ3n) is 3.89. The molecule has 0 aliphatic carbocycles. The quantitative estimate of drug-likeness (QED) is 0.640. The van der Waals surface area contributed by atoms with E-state index in [4.69, 9.17) is 4.74 Å². The van der Waals surface area contributed by atoms with Crippen molar-refractivity contribution in [2.45, 2.75) is 20.0 Å². The smallest absolute Gasteiger partial charge is 0.229 e. The van der Waals surface area contributed by atoms with Gasteiger partial charge in [-0.15, -0.1) is 0 Å². The van der Waals surface area contributed by atoms with Crippen LogP contribution < -0.4 is 10.1 Å². The number of halogens is 1. The van der Waals surface area contributed by atoms with Crippen molar-refractivity contribution >= 4 is 27.5 Å². The monoisotopic (exact) mass is 417 g/mol. The molecule has 0 aliphatic heterocycles. The Morgan fingerprint density at radius 2 is 2.08 bits per heavy atom. The number of carbonyl (C=O) groups is 1. The number of nitrogens with zero attached hydrogens (tertiary/aromatic N) is 4. The van der Waals surface area contributed by atoms with E-state index in [1.54, 1.807) is 28.9 Å². The Bertz CT molecular complexity index is 889. The minimum Gasteiger partial charge on any atom is -0.497 e. The van der Waals surface area contributed by atoms with E-state index in [-0.39, 0.29) is 11.8 Å². The van der Waals surface area contributed by atoms with Gasteiger partial charge in [0.1, 0.15) is 5.75 Å². The molecule has 3 aromatic rings. The van der Waals surface area contributed by atoms with Gasteiger partial charge in [-0.25, -0.2) is 0 Å². The predicted molar refractivity (Wildman–Crippen MR) is 102 cm³/mol. The summed E-state index contributed by atoms with van der Waals surface area (Å²) in [5.74, 6) is 0.517. The van der Waals surface area contributed by atoms with Crippen molar-refractivity contribution in [3.63, 3.8) is 0 Å². The fourth-order valence-corrected chi connectivity index (χ4v) is 2.87. The summed E-state index contributed by atoms with van der Waals surface area (Å²) in [6.07, 6.45) is 7.01. The average molecular weight is 418 g/mol. The standard InChI is InChI=1S/C18H20BrN5O2/c1-13(9-23-11-15(19)7-20-23)18(25)22-16-8-21-24(12-16)10-14-4-3-5-17(6-14)26-2/h3-8,11-13H,9-10H2,1-2H3,(H,22,25). The molecule has 1 atom stereocenters. The van der Waals surface area contributed by atoms with Gasteiger partial charge in [0.25, 0.3) is 0 Å². The van der Waals surface area contributed by atoms with Crippen molar-refractivity contribution in [2.75, 3.05) is 12.4 Å². The zero-order chi connectivity index (χ0) is 18.5. The van der Waals surface area contributed by atoms with Crippen molar-refractivity contribution in [2.24, 2.45) is 5.92 Å². The molecule has 0 aliphatic rings. The van der Waals surface area contributed by atoms with E-state index in [9.17, 15) is 4.79 Å². The van der Waals surface area contributed by atoms with E-state index in [0.717, 1.165) is 15.8 Å². The number of aromatic nitrogens is 4. The molecule has 0 radical (unpaired) electrons. The molecular weight excluding hydrogens is 398 g/mol. The van der Waals surface area contributed by atoms with Crippen LogP contribution >= 0.6 is 15.9 Å². The Morgan fingerprint density at radius 3 is 2.81 bits per heavy atom. The van der Waals surface area contributed by atoms with Crippen LogP contribution in [0.15, 0.2) is 53.5 Å². The summed E-state index contributed by atoms with van der Waals surface area (Å²) in [7, 11) is 1.64. The van der Waals surface area contributed by atoms with Gasteiger partial charge in [0.15, 0.2) is 0 Å². The Balaban J connectivity index is 1.57. The van der Waals surface area contributed by atoms with E-state index in [1.165, 1.54) is 0 Å². The second-order valence-corrected chi connectivity index (χ2v) is 6.96. The molecule has 26 heavy (non-hydrogen) atoms. The molecule has 2 heterocycles. The minimum absolute atomic E-state index is 0.0717. The zero-order valence-corrected chi connectivity index (χ0v) is 16.2. The van der Waals surface area contributed by atoms with Gasteiger partial charge in [-0.2, -0.15) is 10.2 Å². The Labute approximate surface area is 160 Å². The maximum atomic E-state index is 12.4. The van der Waals surface area contributed by atoms with Gasteiger partial charge in [0.05, 0.1) is 48.7 Å². The van der Waals surface area contributed by atoms with Crippen LogP contribution in [0.25, 0.3) is 0 Å². The van der Waals surface area contributed by atoms with Gasteiger partial charge in [-0.1, -0.05) is 19.1 Å². The van der Waals surface area contributed by atoms with E-state index in [2.05, 4.69) is 31.4 Å². The highest BCUT2D eigenvalue weighted by Gasteiger charge is 2.15. The summed E-state index contributed by atoms with van der Waals surface area (Å²) in [5, 5.41) is 11.4. The molecule has 1 N–H and O–H groups in total. The SMILES string of the molecule is COc1cccc(Cn2cc(NC(=O)C(C)Cn3cc(Br)cn3)cn2)c1. The molecule has 0 fully saturated rings. The molecule has 1 aromatic carbocycles. The molecule has 1 amide bonds. The summed E-state index contributed by atoms with van der Waals surface area (Å²) in [4.78, 5) is 12.4. The van der Waals surface area contributed by atoms with Gasteiger partial charge in [0, 0.05) is 12.4 Å². The van der Waals surface area contributed by atoms with Crippen LogP contribution in [0.2, 0.25) is 0 Å². The van der Waals surface area contributed by atoms with Gasteiger partial charge in [-0.3, -0.25) is 14.2 Å². The fourth-order valence-electron chi connectivity index (χ4n) is 2.54. The maximum Gasteiger partial charge on any atom is 0.229 e. The van der Waals surface area contributed by atoms with Crippen molar-refractivity contribution in [1.29, 1.82) is 0 Å². The number of ether oxygens (including phenoxy) is 1. The average Bonchev–Trinajstić information content (AvgIpc) is 3.23. The highest BCUT2D eigenvalue weighted by Crippen LogP contribution is 2.15. The number of carbonyl (C=O) groups excluding carboxylic acids is 1. The molecular formula is C18H20BrN5O2. The number of rotatable bonds is 7. The number of benzene rings is 1. The highest BCUT2D eigenvalue weighted by atomic mass is 79.9. The minimum atomic E-state index is -0.219. The summed E-state index contributed by atoms with van der Waals surface area (Å²) in [5.41, 5.74) is 1.74. The van der Waals surface area contributed by atoms with Gasteiger partial charge < -0.3 is 10.1 Å². The van der Waals surface area contributed by atoms with Crippen molar-refractivity contribution in [1.82, 2.24) is 19.6 Å². The molecule has 136 valence electrons. The van der Waals surface area contributed by atoms with Crippen LogP contribution in [-0.4, -0.2) is 32.6 Å². The first-order chi connectivity index (χ1) is 12.5. The van der Waals surface area contributed by atoms with Crippen LogP contribution in [-0.2, 0) is 17.9 Å². The topological polar surface area (TPSA) is 74.0 Å². The molecule has 1 unspecified atom stereocenters. The van der Waals surface area contributed by atoms with Crippen molar-refractivity contribution < 1.29 is 9.53 Å². The number of hydrogen-bond donors (Lipinski definition) is 1. The number of hydrogen-bond acceptors (Lipinski definition) is 4. The lowest BCUT2D eigenvalue weighted by Gasteiger charge is -2.11. The first-order valence-electron chi connectivity index (χ1n) is 8.17. The molecule has 0 spiro atoms. The fraction of sp³-hybridized carbons (Fsp3) is 0.278. The van der Waals surface area contributed by atoms with Crippen molar-refractivity contribution in [3.05, 3.63) is 59.1 Å². The largest absolute Gasteiger partial charge is 0.497 e. The normalized spacial score (nSPS) is 12.0. The molecule has 0 saturated carbocycles. The molecule has 2 aromatic heterocycles. The van der Waals surface area contributed by atoms with E-state index < -0.39 is 0 Å². The first-order valence-corrected chi connectivity index (χ1v) is 8.97. The Morgan fingerprint density at radius 1 is 1.27 bits per heavy atom. The third kappa shape index (κ3) is 4.72. The van der Waals surface area contributed by atoms with Crippen LogP contribution in [0.1, 0.15) is 12.5 Å². The van der Waals surface area contributed by atoms with E-state index >= 15 is 0 Å². The van der Waals surface area contributed by atoms with E-state index in [1.807, 2.05) is 43.6 Å². The second kappa shape index (κ2) is 8.18. The molecule has 3 rings (SSSR count). The van der Waals surface area contributed by atoms with Gasteiger partial charge in [0.2, 0.25) is 5.91 Å². The molecule has 0 saturated heterocycles. The summed E-state index contributed by atoms with van der Waals surface area (Å²) in [6.45, 7) is 2.98. The van der Waals surface area contributed by atoms with Crippen molar-refractivity contribution in [3.8, 4) is 5.75 Å². The molecule has 8 heteroatoms. The van der Waals surface area contributed by atoms with Gasteiger partial charge >= 0.3 is 0 Å². The second-order valence-electron chi connectivity index (χ2n) is 6.05. The van der Waals surface area contributed by atoms with Crippen LogP contribution in [0, 0.1) is 5.92 Å². The zero-order valence-electron chi connectivity index (χ0n) is 14.6. The predicted octanol–water partition coefficient (Wildman–Crippen LogP) is 3.17. The Kier molecular flexibility index (Phi) is 5.72. The lowest BCUT2D eigenvalue weighted by molar-refractivity contribution is -0.119.